The maximum absolute atomic E-state index is 12.5. The fourth-order valence-corrected chi connectivity index (χ4v) is 2.75. The number of hydrogen-bond donors (Lipinski definition) is 1. The molecule has 0 bridgehead atoms. The molecule has 124 valence electrons. The van der Waals surface area contributed by atoms with E-state index in [2.05, 4.69) is 9.97 Å². The molecule has 2 aromatic rings. The summed E-state index contributed by atoms with van der Waals surface area (Å²) in [5, 5.41) is 8.85. The van der Waals surface area contributed by atoms with Gasteiger partial charge >= 0.3 is 0 Å². The zero-order valence-corrected chi connectivity index (χ0v) is 13.7. The summed E-state index contributed by atoms with van der Waals surface area (Å²) >= 11 is 0. The summed E-state index contributed by atoms with van der Waals surface area (Å²) < 4.78 is 6.05. The van der Waals surface area contributed by atoms with E-state index < -0.39 is 0 Å². The molecule has 1 aliphatic heterocycles. The van der Waals surface area contributed by atoms with E-state index in [9.17, 15) is 4.79 Å². The first-order valence-electron chi connectivity index (χ1n) is 7.75. The highest BCUT2D eigenvalue weighted by Gasteiger charge is 2.29. The number of carbonyl (C=O) groups excluding carboxylic acids is 1. The van der Waals surface area contributed by atoms with Crippen LogP contribution in [0.3, 0.4) is 0 Å². The van der Waals surface area contributed by atoms with E-state index in [1.807, 2.05) is 37.2 Å². The van der Waals surface area contributed by atoms with Gasteiger partial charge in [0.05, 0.1) is 12.1 Å². The maximum Gasteiger partial charge on any atom is 0.270 e. The number of aromatic amines is 1. The van der Waals surface area contributed by atoms with Gasteiger partial charge in [0.2, 0.25) is 0 Å². The van der Waals surface area contributed by atoms with Crippen LogP contribution in [-0.2, 0) is 0 Å². The van der Waals surface area contributed by atoms with Crippen LogP contribution in [0.2, 0.25) is 0 Å². The highest BCUT2D eigenvalue weighted by atomic mass is 16.5. The fraction of sp³-hybridized carbons (Fsp3) is 0.353. The van der Waals surface area contributed by atoms with Crippen LogP contribution in [0, 0.1) is 11.3 Å². The second-order valence-electron chi connectivity index (χ2n) is 5.91. The van der Waals surface area contributed by atoms with Crippen molar-refractivity contribution in [2.45, 2.75) is 12.5 Å². The number of nitrogens with zero attached hydrogens (tertiary/aromatic N) is 4. The molecule has 1 amide bonds. The quantitative estimate of drug-likeness (QED) is 0.923. The van der Waals surface area contributed by atoms with Gasteiger partial charge in [0.1, 0.15) is 17.9 Å². The van der Waals surface area contributed by atoms with Crippen molar-refractivity contribution in [1.29, 1.82) is 5.26 Å². The topological polar surface area (TPSA) is 85.2 Å². The highest BCUT2D eigenvalue weighted by Crippen LogP contribution is 2.27. The number of nitriles is 1. The molecular weight excluding hydrogens is 306 g/mol. The van der Waals surface area contributed by atoms with Crippen LogP contribution in [0.4, 0.5) is 5.82 Å². The highest BCUT2D eigenvalue weighted by molar-refractivity contribution is 5.93. The van der Waals surface area contributed by atoms with Gasteiger partial charge in [-0.15, -0.1) is 0 Å². The van der Waals surface area contributed by atoms with E-state index in [4.69, 9.17) is 10.00 Å². The van der Waals surface area contributed by atoms with E-state index in [1.54, 1.807) is 17.2 Å². The Morgan fingerprint density at radius 1 is 1.54 bits per heavy atom. The van der Waals surface area contributed by atoms with Crippen molar-refractivity contribution in [3.8, 4) is 11.8 Å². The molecule has 0 aromatic carbocycles. The average molecular weight is 325 g/mol. The number of pyridine rings is 1. The van der Waals surface area contributed by atoms with Gasteiger partial charge in [0.25, 0.3) is 5.91 Å². The summed E-state index contributed by atoms with van der Waals surface area (Å²) in [7, 11) is 3.83. The SMILES string of the molecule is CN(C)c1ncccc1O[C@@H]1CCN(C(=O)c2cc(C#N)c[nH]2)C1. The van der Waals surface area contributed by atoms with Crippen molar-refractivity contribution in [1.82, 2.24) is 14.9 Å². The lowest BCUT2D eigenvalue weighted by molar-refractivity contribution is 0.0767. The van der Waals surface area contributed by atoms with Crippen LogP contribution in [0.1, 0.15) is 22.5 Å². The first kappa shape index (κ1) is 15.9. The van der Waals surface area contributed by atoms with Crippen molar-refractivity contribution >= 4 is 11.7 Å². The monoisotopic (exact) mass is 325 g/mol. The van der Waals surface area contributed by atoms with Gasteiger partial charge in [-0.3, -0.25) is 4.79 Å². The molecule has 2 aromatic heterocycles. The third kappa shape index (κ3) is 3.18. The standard InChI is InChI=1S/C17H19N5O2/c1-21(2)16-15(4-3-6-19-16)24-13-5-7-22(11-13)17(23)14-8-12(9-18)10-20-14/h3-4,6,8,10,13,20H,5,7,11H2,1-2H3/t13-/m1/s1. The predicted molar refractivity (Wildman–Crippen MR) is 89.0 cm³/mol. The zero-order chi connectivity index (χ0) is 17.1. The predicted octanol–water partition coefficient (Wildman–Crippen LogP) is 1.64. The minimum Gasteiger partial charge on any atom is -0.485 e. The Morgan fingerprint density at radius 3 is 3.08 bits per heavy atom. The van der Waals surface area contributed by atoms with Gasteiger partial charge < -0.3 is 19.5 Å². The molecule has 3 rings (SSSR count). The Hall–Kier alpha value is -3.01. The Labute approximate surface area is 140 Å². The number of H-pyrrole nitrogens is 1. The van der Waals surface area contributed by atoms with Gasteiger partial charge in [0.15, 0.2) is 11.6 Å². The van der Waals surface area contributed by atoms with Crippen LogP contribution in [0.5, 0.6) is 5.75 Å². The molecule has 1 saturated heterocycles. The lowest BCUT2D eigenvalue weighted by Crippen LogP contribution is -2.31. The minimum absolute atomic E-state index is 0.0674. The zero-order valence-electron chi connectivity index (χ0n) is 13.7. The molecule has 1 fully saturated rings. The van der Waals surface area contributed by atoms with Crippen molar-refractivity contribution < 1.29 is 9.53 Å². The molecule has 3 heterocycles. The van der Waals surface area contributed by atoms with E-state index in [-0.39, 0.29) is 12.0 Å². The number of anilines is 1. The largest absolute Gasteiger partial charge is 0.485 e. The summed E-state index contributed by atoms with van der Waals surface area (Å²) in [4.78, 5) is 23.3. The molecule has 1 aliphatic rings. The second-order valence-corrected chi connectivity index (χ2v) is 5.91. The molecule has 0 unspecified atom stereocenters. The summed E-state index contributed by atoms with van der Waals surface area (Å²) in [5.74, 6) is 1.38. The average Bonchev–Trinajstić information content (AvgIpc) is 3.23. The van der Waals surface area contributed by atoms with Crippen molar-refractivity contribution in [3.05, 3.63) is 41.9 Å². The van der Waals surface area contributed by atoms with E-state index in [0.717, 1.165) is 12.2 Å². The smallest absolute Gasteiger partial charge is 0.270 e. The number of nitrogens with one attached hydrogen (secondary N) is 1. The van der Waals surface area contributed by atoms with Crippen molar-refractivity contribution in [2.75, 3.05) is 32.1 Å². The van der Waals surface area contributed by atoms with Crippen molar-refractivity contribution in [2.24, 2.45) is 0 Å². The molecule has 24 heavy (non-hydrogen) atoms. The van der Waals surface area contributed by atoms with E-state index in [1.165, 1.54) is 6.20 Å². The lowest BCUT2D eigenvalue weighted by atomic mass is 10.3. The number of hydrogen-bond acceptors (Lipinski definition) is 5. The third-order valence-corrected chi connectivity index (χ3v) is 3.94. The number of amides is 1. The molecule has 0 aliphatic carbocycles. The molecule has 7 heteroatoms. The van der Waals surface area contributed by atoms with Crippen LogP contribution in [0.25, 0.3) is 0 Å². The number of carbonyl (C=O) groups is 1. The molecule has 0 radical (unpaired) electrons. The maximum atomic E-state index is 12.5. The van der Waals surface area contributed by atoms with E-state index in [0.29, 0.717) is 30.1 Å². The summed E-state index contributed by atoms with van der Waals surface area (Å²) in [6, 6.07) is 7.31. The number of aromatic nitrogens is 2. The van der Waals surface area contributed by atoms with Gasteiger partial charge in [0, 0.05) is 39.5 Å². The molecule has 1 atom stereocenters. The lowest BCUT2D eigenvalue weighted by Gasteiger charge is -2.20. The third-order valence-electron chi connectivity index (χ3n) is 3.94. The summed E-state index contributed by atoms with van der Waals surface area (Å²) in [6.45, 7) is 1.14. The molecule has 0 saturated carbocycles. The Bertz CT molecular complexity index is 777. The van der Waals surface area contributed by atoms with Gasteiger partial charge in [-0.1, -0.05) is 0 Å². The Balaban J connectivity index is 1.66. The molecule has 1 N–H and O–H groups in total. The van der Waals surface area contributed by atoms with Crippen LogP contribution < -0.4 is 9.64 Å². The summed E-state index contributed by atoms with van der Waals surface area (Å²) in [5.41, 5.74) is 0.888. The summed E-state index contributed by atoms with van der Waals surface area (Å²) in [6.07, 6.45) is 3.96. The van der Waals surface area contributed by atoms with Crippen molar-refractivity contribution in [3.63, 3.8) is 0 Å². The molecule has 7 nitrogen and oxygen atoms in total. The van der Waals surface area contributed by atoms with Gasteiger partial charge in [-0.05, 0) is 18.2 Å². The molecule has 0 spiro atoms. The van der Waals surface area contributed by atoms with Gasteiger partial charge in [-0.25, -0.2) is 4.98 Å². The van der Waals surface area contributed by atoms with Crippen LogP contribution in [0.15, 0.2) is 30.6 Å². The van der Waals surface area contributed by atoms with E-state index >= 15 is 0 Å². The van der Waals surface area contributed by atoms with Crippen LogP contribution in [-0.4, -0.2) is 54.1 Å². The normalized spacial score (nSPS) is 16.7. The Morgan fingerprint density at radius 2 is 2.38 bits per heavy atom. The Kier molecular flexibility index (Phi) is 4.38. The first-order valence-corrected chi connectivity index (χ1v) is 7.75. The van der Waals surface area contributed by atoms with Gasteiger partial charge in [-0.2, -0.15) is 5.26 Å². The van der Waals surface area contributed by atoms with Crippen LogP contribution >= 0.6 is 0 Å². The molecular formula is C17H19N5O2. The first-order chi connectivity index (χ1) is 11.6. The minimum atomic E-state index is -0.110. The second kappa shape index (κ2) is 6.62. The number of ether oxygens (including phenoxy) is 1. The number of rotatable bonds is 4. The fourth-order valence-electron chi connectivity index (χ4n) is 2.75. The number of likely N-dealkylation sites (tertiary alicyclic amines) is 1.